The average molecular weight is 292 g/mol. The zero-order valence-corrected chi connectivity index (χ0v) is 13.8. The molecule has 0 unspecified atom stereocenters. The largest absolute Gasteiger partial charge is 1.00 e. The van der Waals surface area contributed by atoms with Crippen molar-refractivity contribution in [3.05, 3.63) is 0 Å². The van der Waals surface area contributed by atoms with E-state index in [1.807, 2.05) is 0 Å². The van der Waals surface area contributed by atoms with Crippen molar-refractivity contribution in [2.45, 2.75) is 83.7 Å². The van der Waals surface area contributed by atoms with E-state index in [2.05, 4.69) is 19.2 Å². The Kier molecular flexibility index (Phi) is 12.1. The lowest BCUT2D eigenvalue weighted by Gasteiger charge is -2.35. The molecule has 1 saturated heterocycles. The van der Waals surface area contributed by atoms with E-state index in [0.717, 1.165) is 13.2 Å². The second kappa shape index (κ2) is 12.0. The Balaban J connectivity index is 0.00000324. The van der Waals surface area contributed by atoms with E-state index >= 15 is 0 Å². The molecule has 116 valence electrons. The number of hydrogen-bond acceptors (Lipinski definition) is 1. The van der Waals surface area contributed by atoms with Crippen LogP contribution in [0.4, 0.5) is 0 Å². The molecule has 19 heavy (non-hydrogen) atoms. The van der Waals surface area contributed by atoms with Crippen molar-refractivity contribution in [3.8, 4) is 0 Å². The van der Waals surface area contributed by atoms with Gasteiger partial charge in [0, 0.05) is 0 Å². The van der Waals surface area contributed by atoms with Crippen LogP contribution in [-0.2, 0) is 4.74 Å². The molecule has 1 rings (SSSR count). The first kappa shape index (κ1) is 19.2. The molecular formula is C16H34ClNO. The third kappa shape index (κ3) is 8.16. The normalized spacial score (nSPS) is 18.0. The lowest BCUT2D eigenvalue weighted by atomic mass is 9.88. The summed E-state index contributed by atoms with van der Waals surface area (Å²) in [5.74, 6) is 0. The van der Waals surface area contributed by atoms with Crippen LogP contribution in [0.3, 0.4) is 0 Å². The number of quaternary nitrogens is 1. The third-order valence-electron chi connectivity index (χ3n) is 4.22. The number of ether oxygens (including phenoxy) is 1. The maximum atomic E-state index is 6.19. The molecule has 1 heterocycles. The summed E-state index contributed by atoms with van der Waals surface area (Å²) in [5.41, 5.74) is 0.222. The molecule has 0 aromatic heterocycles. The first-order valence-corrected chi connectivity index (χ1v) is 8.28. The van der Waals surface area contributed by atoms with Gasteiger partial charge in [0.25, 0.3) is 0 Å². The summed E-state index contributed by atoms with van der Waals surface area (Å²) in [4.78, 5) is 0. The predicted molar refractivity (Wildman–Crippen MR) is 77.9 cm³/mol. The second-order valence-electron chi connectivity index (χ2n) is 5.93. The molecule has 0 spiro atoms. The number of unbranched alkanes of at least 4 members (excludes halogenated alkanes) is 6. The van der Waals surface area contributed by atoms with E-state index in [4.69, 9.17) is 4.74 Å². The highest BCUT2D eigenvalue weighted by Crippen LogP contribution is 2.26. The summed E-state index contributed by atoms with van der Waals surface area (Å²) in [6.45, 7) is 7.88. The van der Waals surface area contributed by atoms with Gasteiger partial charge in [-0.2, -0.15) is 0 Å². The fraction of sp³-hybridized carbons (Fsp3) is 1.00. The number of nitrogens with two attached hydrogens (primary N) is 1. The number of hydrogen-bond donors (Lipinski definition) is 1. The van der Waals surface area contributed by atoms with Crippen LogP contribution in [0.15, 0.2) is 0 Å². The first-order chi connectivity index (χ1) is 8.83. The lowest BCUT2D eigenvalue weighted by molar-refractivity contribution is -0.686. The Bertz CT molecular complexity index is 179. The second-order valence-corrected chi connectivity index (χ2v) is 5.93. The average Bonchev–Trinajstić information content (AvgIpc) is 2.41. The van der Waals surface area contributed by atoms with Gasteiger partial charge < -0.3 is 22.5 Å². The van der Waals surface area contributed by atoms with Crippen molar-refractivity contribution >= 4 is 0 Å². The zero-order valence-electron chi connectivity index (χ0n) is 13.1. The Morgan fingerprint density at radius 3 is 1.89 bits per heavy atom. The van der Waals surface area contributed by atoms with Crippen LogP contribution in [0.25, 0.3) is 0 Å². The first-order valence-electron chi connectivity index (χ1n) is 8.28. The van der Waals surface area contributed by atoms with Gasteiger partial charge in [0.15, 0.2) is 0 Å². The molecule has 0 atom stereocenters. The lowest BCUT2D eigenvalue weighted by Crippen LogP contribution is -3.00. The maximum Gasteiger partial charge on any atom is 0.117 e. The smallest absolute Gasteiger partial charge is 0.117 e. The van der Waals surface area contributed by atoms with E-state index in [0.29, 0.717) is 0 Å². The minimum absolute atomic E-state index is 0. The van der Waals surface area contributed by atoms with Gasteiger partial charge in [-0.05, 0) is 12.8 Å². The quantitative estimate of drug-likeness (QED) is 0.574. The number of morpholine rings is 1. The highest BCUT2D eigenvalue weighted by atomic mass is 35.5. The van der Waals surface area contributed by atoms with Crippen molar-refractivity contribution < 1.29 is 22.5 Å². The van der Waals surface area contributed by atoms with Gasteiger partial charge in [0.05, 0.1) is 13.2 Å². The van der Waals surface area contributed by atoms with Gasteiger partial charge in [-0.1, -0.05) is 65.2 Å². The Morgan fingerprint density at radius 2 is 1.47 bits per heavy atom. The highest BCUT2D eigenvalue weighted by Gasteiger charge is 2.34. The molecule has 2 N–H and O–H groups in total. The van der Waals surface area contributed by atoms with Gasteiger partial charge in [0.2, 0.25) is 0 Å². The highest BCUT2D eigenvalue weighted by molar-refractivity contribution is 4.81. The van der Waals surface area contributed by atoms with Crippen LogP contribution in [0.5, 0.6) is 0 Å². The van der Waals surface area contributed by atoms with Crippen LogP contribution in [-0.4, -0.2) is 25.3 Å². The van der Waals surface area contributed by atoms with Crippen molar-refractivity contribution in [3.63, 3.8) is 0 Å². The minimum Gasteiger partial charge on any atom is -1.00 e. The fourth-order valence-electron chi connectivity index (χ4n) is 3.00. The molecule has 0 bridgehead atoms. The van der Waals surface area contributed by atoms with E-state index in [1.54, 1.807) is 0 Å². The standard InChI is InChI=1S/C16H33NO.ClH/c1-3-5-7-9-11-16(12-10-8-6-4-2)15-17-13-14-18-16;/h17H,3-15H2,1-2H3;1H. The molecule has 3 heteroatoms. The third-order valence-corrected chi connectivity index (χ3v) is 4.22. The number of halogens is 1. The SMILES string of the molecule is CCCCCCC1(CCCCCC)C[NH2+]CCO1.[Cl-]. The predicted octanol–water partition coefficient (Wildman–Crippen LogP) is 0.264. The summed E-state index contributed by atoms with van der Waals surface area (Å²) in [6.07, 6.45) is 13.5. The molecule has 0 aromatic rings. The molecule has 0 saturated carbocycles. The van der Waals surface area contributed by atoms with Gasteiger partial charge in [0.1, 0.15) is 12.1 Å². The molecule has 0 amide bonds. The number of rotatable bonds is 10. The molecule has 0 radical (unpaired) electrons. The Morgan fingerprint density at radius 1 is 0.895 bits per heavy atom. The van der Waals surface area contributed by atoms with Crippen LogP contribution < -0.4 is 17.7 Å². The van der Waals surface area contributed by atoms with Gasteiger partial charge in [-0.15, -0.1) is 0 Å². The molecule has 0 aromatic carbocycles. The molecular weight excluding hydrogens is 258 g/mol. The molecule has 1 fully saturated rings. The monoisotopic (exact) mass is 291 g/mol. The summed E-state index contributed by atoms with van der Waals surface area (Å²) < 4.78 is 6.19. The van der Waals surface area contributed by atoms with Gasteiger partial charge >= 0.3 is 0 Å². The van der Waals surface area contributed by atoms with Gasteiger partial charge in [-0.25, -0.2) is 0 Å². The minimum atomic E-state index is 0. The van der Waals surface area contributed by atoms with E-state index in [9.17, 15) is 0 Å². The summed E-state index contributed by atoms with van der Waals surface area (Å²) in [6, 6.07) is 0. The van der Waals surface area contributed by atoms with E-state index < -0.39 is 0 Å². The van der Waals surface area contributed by atoms with E-state index in [1.165, 1.54) is 70.8 Å². The summed E-state index contributed by atoms with van der Waals surface area (Å²) >= 11 is 0. The summed E-state index contributed by atoms with van der Waals surface area (Å²) in [5, 5.41) is 2.46. The van der Waals surface area contributed by atoms with Crippen molar-refractivity contribution in [2.75, 3.05) is 19.7 Å². The fourth-order valence-corrected chi connectivity index (χ4v) is 3.00. The van der Waals surface area contributed by atoms with Gasteiger partial charge in [-0.3, -0.25) is 0 Å². The summed E-state index contributed by atoms with van der Waals surface area (Å²) in [7, 11) is 0. The van der Waals surface area contributed by atoms with Crippen molar-refractivity contribution in [2.24, 2.45) is 0 Å². The Labute approximate surface area is 126 Å². The molecule has 0 aliphatic carbocycles. The Hall–Kier alpha value is 0.210. The van der Waals surface area contributed by atoms with Crippen molar-refractivity contribution in [1.82, 2.24) is 0 Å². The van der Waals surface area contributed by atoms with Crippen molar-refractivity contribution in [1.29, 1.82) is 0 Å². The molecule has 2 nitrogen and oxygen atoms in total. The van der Waals surface area contributed by atoms with Crippen LogP contribution in [0.1, 0.15) is 78.1 Å². The molecule has 1 aliphatic heterocycles. The van der Waals surface area contributed by atoms with Crippen LogP contribution in [0.2, 0.25) is 0 Å². The topological polar surface area (TPSA) is 25.8 Å². The molecule has 1 aliphatic rings. The van der Waals surface area contributed by atoms with Crippen LogP contribution >= 0.6 is 0 Å². The van der Waals surface area contributed by atoms with E-state index in [-0.39, 0.29) is 18.0 Å². The van der Waals surface area contributed by atoms with Crippen LogP contribution in [0, 0.1) is 0 Å². The maximum absolute atomic E-state index is 6.19. The zero-order chi connectivity index (χ0) is 13.1.